The van der Waals surface area contributed by atoms with Crippen molar-refractivity contribution in [3.63, 3.8) is 0 Å². The zero-order valence-electron chi connectivity index (χ0n) is 15.4. The maximum Gasteiger partial charge on any atom is 0.255 e. The summed E-state index contributed by atoms with van der Waals surface area (Å²) in [6.07, 6.45) is 2.64. The number of aromatic nitrogens is 1. The van der Waals surface area contributed by atoms with Gasteiger partial charge in [0, 0.05) is 35.2 Å². The molecular weight excluding hydrogens is 354 g/mol. The first-order valence-corrected chi connectivity index (χ1v) is 9.23. The van der Waals surface area contributed by atoms with E-state index in [0.717, 1.165) is 17.9 Å². The number of para-hydroxylation sites is 1. The molecule has 0 saturated heterocycles. The highest BCUT2D eigenvalue weighted by Gasteiger charge is 2.28. The van der Waals surface area contributed by atoms with E-state index in [9.17, 15) is 4.79 Å². The van der Waals surface area contributed by atoms with E-state index >= 15 is 0 Å². The van der Waals surface area contributed by atoms with E-state index in [4.69, 9.17) is 9.47 Å². The molecule has 0 radical (unpaired) electrons. The first kappa shape index (κ1) is 16.6. The number of pyridine rings is 1. The average molecular weight is 373 g/mol. The maximum absolute atomic E-state index is 12.8. The van der Waals surface area contributed by atoms with Crippen molar-refractivity contribution < 1.29 is 14.3 Å². The van der Waals surface area contributed by atoms with Crippen LogP contribution in [0.4, 0.5) is 17.2 Å². The van der Waals surface area contributed by atoms with Crippen LogP contribution in [-0.2, 0) is 6.42 Å². The molecule has 0 spiro atoms. The second-order valence-corrected chi connectivity index (χ2v) is 6.98. The smallest absolute Gasteiger partial charge is 0.255 e. The fourth-order valence-corrected chi connectivity index (χ4v) is 3.78. The lowest BCUT2D eigenvalue weighted by atomic mass is 10.1. The summed E-state index contributed by atoms with van der Waals surface area (Å²) in [6, 6.07) is 17.5. The van der Waals surface area contributed by atoms with Gasteiger partial charge in [-0.15, -0.1) is 0 Å². The van der Waals surface area contributed by atoms with E-state index in [-0.39, 0.29) is 18.7 Å². The molecule has 28 heavy (non-hydrogen) atoms. The third kappa shape index (κ3) is 2.83. The Morgan fingerprint density at radius 2 is 1.96 bits per heavy atom. The van der Waals surface area contributed by atoms with E-state index in [1.54, 1.807) is 30.5 Å². The standard InChI is InChI=1S/C22H19N3O3/c1-14-10-15-4-2-3-5-18(15)25(14)21-11-16(8-9-23-21)22(26)24-17-6-7-19-20(12-17)28-13-27-19/h2-9,11-12,14H,10,13H2,1H3,(H,24,26). The van der Waals surface area contributed by atoms with Crippen LogP contribution in [0, 0.1) is 0 Å². The Hall–Kier alpha value is -3.54. The Morgan fingerprint density at radius 1 is 1.11 bits per heavy atom. The summed E-state index contributed by atoms with van der Waals surface area (Å²) in [6.45, 7) is 2.37. The van der Waals surface area contributed by atoms with Crippen LogP contribution in [0.25, 0.3) is 0 Å². The molecule has 2 aromatic carbocycles. The molecule has 1 unspecified atom stereocenters. The number of nitrogens with zero attached hydrogens (tertiary/aromatic N) is 2. The number of amides is 1. The molecule has 3 heterocycles. The third-order valence-corrected chi connectivity index (χ3v) is 5.09. The number of ether oxygens (including phenoxy) is 2. The van der Waals surface area contributed by atoms with Crippen molar-refractivity contribution in [1.29, 1.82) is 0 Å². The molecule has 140 valence electrons. The van der Waals surface area contributed by atoms with Crippen LogP contribution < -0.4 is 19.7 Å². The minimum absolute atomic E-state index is 0.192. The molecule has 1 atom stereocenters. The van der Waals surface area contributed by atoms with Gasteiger partial charge in [0.2, 0.25) is 6.79 Å². The second kappa shape index (κ2) is 6.56. The SMILES string of the molecule is CC1Cc2ccccc2N1c1cc(C(=O)Nc2ccc3c(c2)OCO3)ccn1. The van der Waals surface area contributed by atoms with Gasteiger partial charge in [-0.25, -0.2) is 4.98 Å². The molecule has 6 nitrogen and oxygen atoms in total. The summed E-state index contributed by atoms with van der Waals surface area (Å²) in [5.74, 6) is 1.90. The van der Waals surface area contributed by atoms with Crippen LogP contribution in [0.2, 0.25) is 0 Å². The molecular formula is C22H19N3O3. The fraction of sp³-hybridized carbons (Fsp3) is 0.182. The molecule has 1 N–H and O–H groups in total. The van der Waals surface area contributed by atoms with Gasteiger partial charge in [0.05, 0.1) is 0 Å². The van der Waals surface area contributed by atoms with E-state index < -0.39 is 0 Å². The van der Waals surface area contributed by atoms with Gasteiger partial charge in [0.25, 0.3) is 5.91 Å². The van der Waals surface area contributed by atoms with Crippen molar-refractivity contribution >= 4 is 23.1 Å². The fourth-order valence-electron chi connectivity index (χ4n) is 3.78. The van der Waals surface area contributed by atoms with Gasteiger partial charge in [-0.2, -0.15) is 0 Å². The Morgan fingerprint density at radius 3 is 2.89 bits per heavy atom. The number of rotatable bonds is 3. The maximum atomic E-state index is 12.8. The summed E-state index contributed by atoms with van der Waals surface area (Å²) in [7, 11) is 0. The number of carbonyl (C=O) groups excluding carboxylic acids is 1. The lowest BCUT2D eigenvalue weighted by Crippen LogP contribution is -2.25. The van der Waals surface area contributed by atoms with Gasteiger partial charge in [0.1, 0.15) is 5.82 Å². The quantitative estimate of drug-likeness (QED) is 0.747. The van der Waals surface area contributed by atoms with Crippen molar-refractivity contribution in [1.82, 2.24) is 4.98 Å². The molecule has 0 saturated carbocycles. The van der Waals surface area contributed by atoms with Gasteiger partial charge in [-0.3, -0.25) is 4.79 Å². The predicted octanol–water partition coefficient (Wildman–Crippen LogP) is 4.15. The normalized spacial score (nSPS) is 16.8. The van der Waals surface area contributed by atoms with Gasteiger partial charge in [-0.1, -0.05) is 18.2 Å². The first-order valence-electron chi connectivity index (χ1n) is 9.23. The van der Waals surface area contributed by atoms with Crippen LogP contribution in [-0.4, -0.2) is 23.7 Å². The molecule has 1 aromatic heterocycles. The van der Waals surface area contributed by atoms with E-state index in [0.29, 0.717) is 22.7 Å². The van der Waals surface area contributed by atoms with Crippen molar-refractivity contribution in [3.8, 4) is 11.5 Å². The van der Waals surface area contributed by atoms with E-state index in [1.807, 2.05) is 12.1 Å². The highest BCUT2D eigenvalue weighted by molar-refractivity contribution is 6.05. The molecule has 3 aromatic rings. The molecule has 2 aliphatic heterocycles. The topological polar surface area (TPSA) is 63.7 Å². The molecule has 0 aliphatic carbocycles. The number of anilines is 3. The summed E-state index contributed by atoms with van der Waals surface area (Å²) in [5.41, 5.74) is 3.66. The highest BCUT2D eigenvalue weighted by Crippen LogP contribution is 2.37. The zero-order valence-corrected chi connectivity index (χ0v) is 15.4. The van der Waals surface area contributed by atoms with Crippen LogP contribution in [0.5, 0.6) is 11.5 Å². The van der Waals surface area contributed by atoms with Gasteiger partial charge in [0.15, 0.2) is 11.5 Å². The van der Waals surface area contributed by atoms with Crippen LogP contribution >= 0.6 is 0 Å². The van der Waals surface area contributed by atoms with Gasteiger partial charge in [-0.05, 0) is 49.2 Å². The molecule has 6 heteroatoms. The number of hydrogen-bond donors (Lipinski definition) is 1. The number of carbonyl (C=O) groups is 1. The summed E-state index contributed by atoms with van der Waals surface area (Å²) in [4.78, 5) is 19.5. The average Bonchev–Trinajstić information content (AvgIpc) is 3.30. The molecule has 2 aliphatic rings. The minimum Gasteiger partial charge on any atom is -0.454 e. The summed E-state index contributed by atoms with van der Waals surface area (Å²) >= 11 is 0. The van der Waals surface area contributed by atoms with Crippen LogP contribution in [0.1, 0.15) is 22.8 Å². The lowest BCUT2D eigenvalue weighted by Gasteiger charge is -2.24. The van der Waals surface area contributed by atoms with Gasteiger partial charge < -0.3 is 19.7 Å². The number of fused-ring (bicyclic) bond motifs is 2. The first-order chi connectivity index (χ1) is 13.7. The lowest BCUT2D eigenvalue weighted by molar-refractivity contribution is 0.102. The van der Waals surface area contributed by atoms with Crippen molar-refractivity contribution in [2.45, 2.75) is 19.4 Å². The molecule has 1 amide bonds. The van der Waals surface area contributed by atoms with Crippen molar-refractivity contribution in [2.24, 2.45) is 0 Å². The minimum atomic E-state index is -0.192. The third-order valence-electron chi connectivity index (χ3n) is 5.09. The van der Waals surface area contributed by atoms with E-state index in [2.05, 4.69) is 40.3 Å². The van der Waals surface area contributed by atoms with Crippen LogP contribution in [0.15, 0.2) is 60.8 Å². The Kier molecular flexibility index (Phi) is 3.90. The number of benzene rings is 2. The van der Waals surface area contributed by atoms with Crippen molar-refractivity contribution in [3.05, 3.63) is 71.9 Å². The molecule has 5 rings (SSSR count). The Balaban J connectivity index is 1.41. The monoisotopic (exact) mass is 373 g/mol. The second-order valence-electron chi connectivity index (χ2n) is 6.98. The molecule has 0 fully saturated rings. The molecule has 0 bridgehead atoms. The largest absolute Gasteiger partial charge is 0.454 e. The summed E-state index contributed by atoms with van der Waals surface area (Å²) in [5, 5.41) is 2.92. The van der Waals surface area contributed by atoms with Crippen LogP contribution in [0.3, 0.4) is 0 Å². The van der Waals surface area contributed by atoms with Gasteiger partial charge >= 0.3 is 0 Å². The highest BCUT2D eigenvalue weighted by atomic mass is 16.7. The number of hydrogen-bond acceptors (Lipinski definition) is 5. The Bertz CT molecular complexity index is 1070. The summed E-state index contributed by atoms with van der Waals surface area (Å²) < 4.78 is 10.7. The van der Waals surface area contributed by atoms with E-state index in [1.165, 1.54) is 5.56 Å². The Labute approximate surface area is 162 Å². The zero-order chi connectivity index (χ0) is 19.1. The van der Waals surface area contributed by atoms with Crippen molar-refractivity contribution in [2.75, 3.05) is 17.0 Å². The predicted molar refractivity (Wildman–Crippen MR) is 107 cm³/mol. The number of nitrogens with one attached hydrogen (secondary N) is 1.